The van der Waals surface area contributed by atoms with E-state index in [0.29, 0.717) is 23.4 Å². The van der Waals surface area contributed by atoms with Gasteiger partial charge in [-0.1, -0.05) is 0 Å². The van der Waals surface area contributed by atoms with E-state index in [1.165, 1.54) is 0 Å². The Hall–Kier alpha value is -2.60. The van der Waals surface area contributed by atoms with Gasteiger partial charge < -0.3 is 9.64 Å². The Bertz CT molecular complexity index is 753. The summed E-state index contributed by atoms with van der Waals surface area (Å²) in [6, 6.07) is 7.18. The van der Waals surface area contributed by atoms with E-state index in [1.54, 1.807) is 18.3 Å². The molecule has 3 rings (SSSR count). The van der Waals surface area contributed by atoms with Gasteiger partial charge >= 0.3 is 0 Å². The van der Waals surface area contributed by atoms with Crippen molar-refractivity contribution in [2.45, 2.75) is 26.1 Å². The number of aldehydes is 2. The zero-order chi connectivity index (χ0) is 17.1. The summed E-state index contributed by atoms with van der Waals surface area (Å²) in [5, 5.41) is 0. The van der Waals surface area contributed by atoms with Gasteiger partial charge in [-0.2, -0.15) is 0 Å². The lowest BCUT2D eigenvalue weighted by molar-refractivity contribution is -0.00527. The molecule has 1 saturated heterocycles. The number of carbonyl (C=O) groups excluding carboxylic acids is 2. The highest BCUT2D eigenvalue weighted by Crippen LogP contribution is 2.26. The van der Waals surface area contributed by atoms with E-state index in [1.807, 2.05) is 26.0 Å². The number of anilines is 1. The van der Waals surface area contributed by atoms with E-state index in [9.17, 15) is 9.59 Å². The number of carbonyl (C=O) groups is 2. The molecule has 0 aliphatic carbocycles. The van der Waals surface area contributed by atoms with Crippen molar-refractivity contribution in [3.8, 4) is 11.3 Å². The first-order valence-electron chi connectivity index (χ1n) is 7.89. The van der Waals surface area contributed by atoms with Gasteiger partial charge in [-0.25, -0.2) is 4.98 Å². The van der Waals surface area contributed by atoms with Gasteiger partial charge in [0.1, 0.15) is 11.4 Å². The summed E-state index contributed by atoms with van der Waals surface area (Å²) in [5.41, 5.74) is 2.92. The van der Waals surface area contributed by atoms with Gasteiger partial charge in [0.2, 0.25) is 0 Å². The van der Waals surface area contributed by atoms with Gasteiger partial charge in [0, 0.05) is 24.8 Å². The van der Waals surface area contributed by atoms with Gasteiger partial charge in [0.15, 0.2) is 12.6 Å². The number of nitrogens with zero attached hydrogens (tertiary/aromatic N) is 3. The minimum Gasteiger partial charge on any atom is -0.372 e. The lowest BCUT2D eigenvalue weighted by Crippen LogP contribution is -2.45. The SMILES string of the molecule is C[C@@H]1CN(c2ccc(-c3ccnc(C=O)c3)nc2C=O)C[C@H](C)O1. The normalized spacial score (nSPS) is 20.7. The Morgan fingerprint density at radius 1 is 1.12 bits per heavy atom. The smallest absolute Gasteiger partial charge is 0.170 e. The van der Waals surface area contributed by atoms with Crippen molar-refractivity contribution >= 4 is 18.3 Å². The maximum atomic E-state index is 11.6. The van der Waals surface area contributed by atoms with E-state index >= 15 is 0 Å². The molecular formula is C18H19N3O3. The number of rotatable bonds is 4. The van der Waals surface area contributed by atoms with Crippen LogP contribution in [0.5, 0.6) is 0 Å². The highest BCUT2D eigenvalue weighted by molar-refractivity contribution is 5.84. The molecule has 24 heavy (non-hydrogen) atoms. The third kappa shape index (κ3) is 3.33. The average Bonchev–Trinajstić information content (AvgIpc) is 2.60. The molecule has 0 aromatic carbocycles. The topological polar surface area (TPSA) is 72.4 Å². The molecule has 3 heterocycles. The zero-order valence-corrected chi connectivity index (χ0v) is 13.7. The van der Waals surface area contributed by atoms with Crippen LogP contribution in [0.4, 0.5) is 5.69 Å². The molecule has 1 aliphatic rings. The summed E-state index contributed by atoms with van der Waals surface area (Å²) in [4.78, 5) is 33.0. The van der Waals surface area contributed by atoms with Crippen LogP contribution in [0, 0.1) is 0 Å². The fourth-order valence-corrected chi connectivity index (χ4v) is 3.03. The summed E-state index contributed by atoms with van der Waals surface area (Å²) >= 11 is 0. The van der Waals surface area contributed by atoms with Gasteiger partial charge in [0.25, 0.3) is 0 Å². The van der Waals surface area contributed by atoms with Crippen LogP contribution >= 0.6 is 0 Å². The number of hydrogen-bond acceptors (Lipinski definition) is 6. The maximum Gasteiger partial charge on any atom is 0.170 e. The average molecular weight is 325 g/mol. The number of morpholine rings is 1. The summed E-state index contributed by atoms with van der Waals surface area (Å²) in [6.07, 6.45) is 3.22. The van der Waals surface area contributed by atoms with Gasteiger partial charge in [0.05, 0.1) is 23.6 Å². The van der Waals surface area contributed by atoms with E-state index < -0.39 is 0 Å². The largest absolute Gasteiger partial charge is 0.372 e. The molecule has 0 bridgehead atoms. The third-order valence-corrected chi connectivity index (χ3v) is 3.97. The molecule has 124 valence electrons. The molecule has 0 unspecified atom stereocenters. The van der Waals surface area contributed by atoms with E-state index in [2.05, 4.69) is 14.9 Å². The lowest BCUT2D eigenvalue weighted by Gasteiger charge is -2.37. The Balaban J connectivity index is 1.96. The fraction of sp³-hybridized carbons (Fsp3) is 0.333. The first kappa shape index (κ1) is 16.3. The highest BCUT2D eigenvalue weighted by atomic mass is 16.5. The molecule has 2 aromatic rings. The Morgan fingerprint density at radius 2 is 1.88 bits per heavy atom. The Morgan fingerprint density at radius 3 is 2.54 bits per heavy atom. The van der Waals surface area contributed by atoms with Crippen LogP contribution in [0.3, 0.4) is 0 Å². The molecule has 0 spiro atoms. The zero-order valence-electron chi connectivity index (χ0n) is 13.7. The van der Waals surface area contributed by atoms with Crippen molar-refractivity contribution in [2.24, 2.45) is 0 Å². The summed E-state index contributed by atoms with van der Waals surface area (Å²) in [7, 11) is 0. The Kier molecular flexibility index (Phi) is 4.66. The maximum absolute atomic E-state index is 11.6. The second-order valence-electron chi connectivity index (χ2n) is 5.97. The van der Waals surface area contributed by atoms with Crippen LogP contribution in [0.2, 0.25) is 0 Å². The molecule has 0 saturated carbocycles. The first-order chi connectivity index (χ1) is 11.6. The van der Waals surface area contributed by atoms with Gasteiger partial charge in [-0.3, -0.25) is 14.6 Å². The van der Waals surface area contributed by atoms with E-state index in [-0.39, 0.29) is 12.2 Å². The minimum atomic E-state index is 0.100. The molecule has 2 atom stereocenters. The van der Waals surface area contributed by atoms with Crippen molar-refractivity contribution < 1.29 is 14.3 Å². The molecule has 0 radical (unpaired) electrons. The quantitative estimate of drug-likeness (QED) is 0.804. The molecule has 0 amide bonds. The minimum absolute atomic E-state index is 0.100. The van der Waals surface area contributed by atoms with Crippen LogP contribution in [0.1, 0.15) is 34.8 Å². The van der Waals surface area contributed by atoms with Crippen LogP contribution < -0.4 is 4.90 Å². The molecule has 0 N–H and O–H groups in total. The van der Waals surface area contributed by atoms with Crippen LogP contribution in [0.25, 0.3) is 11.3 Å². The van der Waals surface area contributed by atoms with E-state index in [4.69, 9.17) is 4.74 Å². The highest BCUT2D eigenvalue weighted by Gasteiger charge is 2.24. The summed E-state index contributed by atoms with van der Waals surface area (Å²) in [6.45, 7) is 5.47. The van der Waals surface area contributed by atoms with Crippen LogP contribution in [0.15, 0.2) is 30.5 Å². The third-order valence-electron chi connectivity index (χ3n) is 3.97. The van der Waals surface area contributed by atoms with Crippen molar-refractivity contribution in [1.29, 1.82) is 0 Å². The predicted molar refractivity (Wildman–Crippen MR) is 90.5 cm³/mol. The van der Waals surface area contributed by atoms with E-state index in [0.717, 1.165) is 30.6 Å². The monoisotopic (exact) mass is 325 g/mol. The second kappa shape index (κ2) is 6.88. The summed E-state index contributed by atoms with van der Waals surface area (Å²) in [5.74, 6) is 0. The van der Waals surface area contributed by atoms with Gasteiger partial charge in [-0.15, -0.1) is 0 Å². The molecular weight excluding hydrogens is 306 g/mol. The van der Waals surface area contributed by atoms with Crippen molar-refractivity contribution in [1.82, 2.24) is 9.97 Å². The number of pyridine rings is 2. The predicted octanol–water partition coefficient (Wildman–Crippen LogP) is 2.38. The van der Waals surface area contributed by atoms with Crippen molar-refractivity contribution in [3.05, 3.63) is 41.9 Å². The molecule has 1 fully saturated rings. The summed E-state index contributed by atoms with van der Waals surface area (Å²) < 4.78 is 5.74. The molecule has 1 aliphatic heterocycles. The first-order valence-corrected chi connectivity index (χ1v) is 7.89. The standard InChI is InChI=1S/C18H19N3O3/c1-12-8-21(9-13(2)24-12)18-4-3-16(20-17(18)11-23)14-5-6-19-15(7-14)10-22/h3-7,10-13H,8-9H2,1-2H3/t12-,13+. The van der Waals surface area contributed by atoms with Gasteiger partial charge in [-0.05, 0) is 38.1 Å². The fourth-order valence-electron chi connectivity index (χ4n) is 3.03. The number of aromatic nitrogens is 2. The molecule has 6 nitrogen and oxygen atoms in total. The lowest BCUT2D eigenvalue weighted by atomic mass is 10.1. The molecule has 6 heteroatoms. The Labute approximate surface area is 140 Å². The molecule has 2 aromatic heterocycles. The van der Waals surface area contributed by atoms with Crippen molar-refractivity contribution in [3.63, 3.8) is 0 Å². The van der Waals surface area contributed by atoms with Crippen LogP contribution in [-0.2, 0) is 4.74 Å². The number of ether oxygens (including phenoxy) is 1. The number of hydrogen-bond donors (Lipinski definition) is 0. The van der Waals surface area contributed by atoms with Crippen LogP contribution in [-0.4, -0.2) is 47.8 Å². The van der Waals surface area contributed by atoms with Crippen molar-refractivity contribution in [2.75, 3.05) is 18.0 Å². The second-order valence-corrected chi connectivity index (χ2v) is 5.97.